The van der Waals surface area contributed by atoms with E-state index in [0.29, 0.717) is 6.04 Å². The van der Waals surface area contributed by atoms with Crippen LogP contribution in [-0.2, 0) is 0 Å². The summed E-state index contributed by atoms with van der Waals surface area (Å²) in [6.45, 7) is 5.96. The lowest BCUT2D eigenvalue weighted by Crippen LogP contribution is -2.28. The van der Waals surface area contributed by atoms with Gasteiger partial charge in [0.2, 0.25) is 5.65 Å². The van der Waals surface area contributed by atoms with Gasteiger partial charge in [0.15, 0.2) is 5.82 Å². The molecule has 86 valence electrons. The van der Waals surface area contributed by atoms with Gasteiger partial charge in [0.05, 0.1) is 0 Å². The van der Waals surface area contributed by atoms with Crippen LogP contribution >= 0.6 is 0 Å². The van der Waals surface area contributed by atoms with Gasteiger partial charge < -0.3 is 10.6 Å². The molecule has 0 unspecified atom stereocenters. The maximum absolute atomic E-state index is 4.23. The molecule has 6 heteroatoms. The highest BCUT2D eigenvalue weighted by Crippen LogP contribution is 2.08. The smallest absolute Gasteiger partial charge is 0.203 e. The first kappa shape index (κ1) is 10.8. The van der Waals surface area contributed by atoms with Gasteiger partial charge in [-0.3, -0.25) is 4.40 Å². The topological polar surface area (TPSA) is 67.1 Å². The van der Waals surface area contributed by atoms with Crippen molar-refractivity contribution in [2.45, 2.75) is 19.9 Å². The van der Waals surface area contributed by atoms with Crippen molar-refractivity contribution in [2.75, 3.05) is 18.4 Å². The minimum Gasteiger partial charge on any atom is -0.366 e. The Bertz CT molecular complexity index is 449. The van der Waals surface area contributed by atoms with Gasteiger partial charge in [-0.05, 0) is 0 Å². The van der Waals surface area contributed by atoms with Crippen LogP contribution in [-0.4, -0.2) is 38.7 Å². The highest BCUT2D eigenvalue weighted by molar-refractivity contribution is 5.61. The summed E-state index contributed by atoms with van der Waals surface area (Å²) in [4.78, 5) is 4.23. The summed E-state index contributed by atoms with van der Waals surface area (Å²) in [5, 5.41) is 14.4. The highest BCUT2D eigenvalue weighted by Gasteiger charge is 2.03. The van der Waals surface area contributed by atoms with Gasteiger partial charge in [-0.25, -0.2) is 4.98 Å². The Morgan fingerprint density at radius 3 is 3.06 bits per heavy atom. The zero-order chi connectivity index (χ0) is 11.4. The van der Waals surface area contributed by atoms with Crippen LogP contribution in [0.15, 0.2) is 18.7 Å². The number of rotatable bonds is 5. The lowest BCUT2D eigenvalue weighted by atomic mass is 10.4. The molecule has 0 fully saturated rings. The Hall–Kier alpha value is -1.69. The van der Waals surface area contributed by atoms with Gasteiger partial charge in [0.1, 0.15) is 6.33 Å². The average molecular weight is 220 g/mol. The first-order valence-corrected chi connectivity index (χ1v) is 5.39. The molecule has 0 aromatic carbocycles. The molecule has 0 atom stereocenters. The summed E-state index contributed by atoms with van der Waals surface area (Å²) in [6, 6.07) is 0.499. The van der Waals surface area contributed by atoms with Crippen molar-refractivity contribution < 1.29 is 0 Å². The fraction of sp³-hybridized carbons (Fsp3) is 0.500. The molecule has 2 aromatic heterocycles. The molecule has 2 aromatic rings. The first-order chi connectivity index (χ1) is 7.77. The monoisotopic (exact) mass is 220 g/mol. The standard InChI is InChI=1S/C10H16N6/c1-8(2)11-3-4-12-9-10-15-14-7-16(10)6-5-13-9/h5-8,11H,3-4H2,1-2H3,(H,12,13). The van der Waals surface area contributed by atoms with Crippen LogP contribution < -0.4 is 10.6 Å². The molecule has 2 rings (SSSR count). The molecule has 0 aliphatic carbocycles. The van der Waals surface area contributed by atoms with Gasteiger partial charge in [-0.2, -0.15) is 0 Å². The first-order valence-electron chi connectivity index (χ1n) is 5.39. The summed E-state index contributed by atoms with van der Waals surface area (Å²) >= 11 is 0. The van der Waals surface area contributed by atoms with E-state index in [0.717, 1.165) is 24.6 Å². The van der Waals surface area contributed by atoms with Gasteiger partial charge in [-0.1, -0.05) is 13.8 Å². The molecule has 6 nitrogen and oxygen atoms in total. The third-order valence-electron chi connectivity index (χ3n) is 2.19. The minimum absolute atomic E-state index is 0.499. The normalized spacial score (nSPS) is 11.2. The van der Waals surface area contributed by atoms with Crippen molar-refractivity contribution in [1.29, 1.82) is 0 Å². The van der Waals surface area contributed by atoms with Crippen molar-refractivity contribution in [3.8, 4) is 0 Å². The Kier molecular flexibility index (Phi) is 3.31. The van der Waals surface area contributed by atoms with Crippen LogP contribution in [0, 0.1) is 0 Å². The van der Waals surface area contributed by atoms with Crippen LogP contribution in [0.4, 0.5) is 5.82 Å². The zero-order valence-corrected chi connectivity index (χ0v) is 9.51. The molecule has 0 aliphatic rings. The summed E-state index contributed by atoms with van der Waals surface area (Å²) in [5.74, 6) is 0.769. The maximum atomic E-state index is 4.23. The largest absolute Gasteiger partial charge is 0.366 e. The Balaban J connectivity index is 1.96. The van der Waals surface area contributed by atoms with E-state index < -0.39 is 0 Å². The van der Waals surface area contributed by atoms with Crippen molar-refractivity contribution >= 4 is 11.5 Å². The minimum atomic E-state index is 0.499. The molecule has 0 spiro atoms. The predicted octanol–water partition coefficient (Wildman–Crippen LogP) is 0.534. The number of fused-ring (bicyclic) bond motifs is 1. The second-order valence-electron chi connectivity index (χ2n) is 3.87. The second-order valence-corrected chi connectivity index (χ2v) is 3.87. The van der Waals surface area contributed by atoms with Gasteiger partial charge in [0, 0.05) is 31.5 Å². The number of nitrogens with one attached hydrogen (secondary N) is 2. The molecule has 0 aliphatic heterocycles. The second kappa shape index (κ2) is 4.89. The summed E-state index contributed by atoms with van der Waals surface area (Å²) in [7, 11) is 0. The Morgan fingerprint density at radius 1 is 1.38 bits per heavy atom. The average Bonchev–Trinajstić information content (AvgIpc) is 2.72. The zero-order valence-electron chi connectivity index (χ0n) is 9.51. The molecule has 2 N–H and O–H groups in total. The molecule has 2 heterocycles. The van der Waals surface area contributed by atoms with Gasteiger partial charge in [0.25, 0.3) is 0 Å². The quantitative estimate of drug-likeness (QED) is 0.720. The Labute approximate surface area is 94.1 Å². The molecule has 16 heavy (non-hydrogen) atoms. The molecule has 0 saturated carbocycles. The number of hydrogen-bond donors (Lipinski definition) is 2. The third-order valence-corrected chi connectivity index (χ3v) is 2.19. The van der Waals surface area contributed by atoms with Gasteiger partial charge >= 0.3 is 0 Å². The van der Waals surface area contributed by atoms with E-state index in [1.54, 1.807) is 12.5 Å². The fourth-order valence-electron chi connectivity index (χ4n) is 1.43. The number of aromatic nitrogens is 4. The molecular formula is C10H16N6. The lowest BCUT2D eigenvalue weighted by Gasteiger charge is -2.09. The van der Waals surface area contributed by atoms with Crippen molar-refractivity contribution in [3.63, 3.8) is 0 Å². The van der Waals surface area contributed by atoms with Crippen LogP contribution in [0.5, 0.6) is 0 Å². The van der Waals surface area contributed by atoms with Crippen LogP contribution in [0.25, 0.3) is 5.65 Å². The van der Waals surface area contributed by atoms with E-state index in [1.165, 1.54) is 0 Å². The van der Waals surface area contributed by atoms with Crippen LogP contribution in [0.3, 0.4) is 0 Å². The number of anilines is 1. The Morgan fingerprint density at radius 2 is 2.25 bits per heavy atom. The van der Waals surface area contributed by atoms with E-state index in [1.807, 2.05) is 10.6 Å². The van der Waals surface area contributed by atoms with Crippen molar-refractivity contribution in [3.05, 3.63) is 18.7 Å². The van der Waals surface area contributed by atoms with Crippen molar-refractivity contribution in [1.82, 2.24) is 24.9 Å². The van der Waals surface area contributed by atoms with Crippen LogP contribution in [0.1, 0.15) is 13.8 Å². The summed E-state index contributed by atoms with van der Waals surface area (Å²) in [6.07, 6.45) is 5.22. The third kappa shape index (κ3) is 2.46. The lowest BCUT2D eigenvalue weighted by molar-refractivity contribution is 0.602. The van der Waals surface area contributed by atoms with E-state index >= 15 is 0 Å². The SMILES string of the molecule is CC(C)NCCNc1nccn2cnnc12. The summed E-state index contributed by atoms with van der Waals surface area (Å²) < 4.78 is 1.84. The fourth-order valence-corrected chi connectivity index (χ4v) is 1.43. The molecular weight excluding hydrogens is 204 g/mol. The van der Waals surface area contributed by atoms with Gasteiger partial charge in [-0.15, -0.1) is 10.2 Å². The summed E-state index contributed by atoms with van der Waals surface area (Å²) in [5.41, 5.74) is 0.757. The molecule has 0 saturated heterocycles. The molecule has 0 bridgehead atoms. The van der Waals surface area contributed by atoms with E-state index in [2.05, 4.69) is 39.7 Å². The van der Waals surface area contributed by atoms with E-state index in [4.69, 9.17) is 0 Å². The van der Waals surface area contributed by atoms with E-state index in [-0.39, 0.29) is 0 Å². The predicted molar refractivity (Wildman–Crippen MR) is 62.4 cm³/mol. The molecule has 0 radical (unpaired) electrons. The van der Waals surface area contributed by atoms with Crippen LogP contribution in [0.2, 0.25) is 0 Å². The number of nitrogens with zero attached hydrogens (tertiary/aromatic N) is 4. The highest BCUT2D eigenvalue weighted by atomic mass is 15.2. The van der Waals surface area contributed by atoms with E-state index in [9.17, 15) is 0 Å². The maximum Gasteiger partial charge on any atom is 0.203 e. The number of hydrogen-bond acceptors (Lipinski definition) is 5. The molecule has 0 amide bonds. The van der Waals surface area contributed by atoms with Crippen molar-refractivity contribution in [2.24, 2.45) is 0 Å².